The first-order valence-electron chi connectivity index (χ1n) is 7.75. The van der Waals surface area contributed by atoms with Crippen molar-refractivity contribution in [2.45, 2.75) is 48.9 Å². The zero-order valence-electron chi connectivity index (χ0n) is 12.6. The maximum Gasteiger partial charge on any atom is 0.234 e. The molecule has 2 aliphatic rings. The fourth-order valence-corrected chi connectivity index (χ4v) is 4.56. The first kappa shape index (κ1) is 13.9. The van der Waals surface area contributed by atoms with E-state index in [-0.39, 0.29) is 17.2 Å². The molecular weight excluding hydrogens is 294 g/mol. The standard InChI is InChI=1S/C17H19N3OS/c1-11-2-3-12-9-15(22-14(12)8-11)17(21)19-13-4-5-16-18-6-7-20(16)10-13/h2-3,6-8,13,15H,4-5,9-10H2,1H3,(H,19,21)/t13-,15+/m1/s1. The minimum atomic E-state index is 0.0148. The van der Waals surface area contributed by atoms with E-state index in [9.17, 15) is 4.79 Å². The topological polar surface area (TPSA) is 46.9 Å². The van der Waals surface area contributed by atoms with Crippen molar-refractivity contribution in [3.05, 3.63) is 47.5 Å². The maximum atomic E-state index is 12.6. The van der Waals surface area contributed by atoms with Crippen LogP contribution in [0.2, 0.25) is 0 Å². The van der Waals surface area contributed by atoms with E-state index in [0.717, 1.165) is 31.6 Å². The molecule has 0 bridgehead atoms. The number of nitrogens with one attached hydrogen (secondary N) is 1. The minimum Gasteiger partial charge on any atom is -0.351 e. The number of imidazole rings is 1. The zero-order chi connectivity index (χ0) is 15.1. The average molecular weight is 313 g/mol. The molecule has 0 saturated heterocycles. The second-order valence-electron chi connectivity index (χ2n) is 6.16. The van der Waals surface area contributed by atoms with Crippen molar-refractivity contribution in [3.63, 3.8) is 0 Å². The van der Waals surface area contributed by atoms with Gasteiger partial charge in [0.2, 0.25) is 5.91 Å². The molecule has 1 aromatic heterocycles. The normalized spacial score (nSPS) is 23.0. The van der Waals surface area contributed by atoms with Crippen LogP contribution >= 0.6 is 11.8 Å². The Morgan fingerprint density at radius 1 is 1.45 bits per heavy atom. The number of amides is 1. The van der Waals surface area contributed by atoms with Gasteiger partial charge in [-0.1, -0.05) is 17.7 Å². The third kappa shape index (κ3) is 2.54. The van der Waals surface area contributed by atoms with E-state index in [1.54, 1.807) is 11.8 Å². The van der Waals surface area contributed by atoms with Gasteiger partial charge >= 0.3 is 0 Å². The van der Waals surface area contributed by atoms with Crippen molar-refractivity contribution in [1.82, 2.24) is 14.9 Å². The summed E-state index contributed by atoms with van der Waals surface area (Å²) in [6, 6.07) is 6.69. The predicted molar refractivity (Wildman–Crippen MR) is 87.0 cm³/mol. The van der Waals surface area contributed by atoms with Crippen molar-refractivity contribution in [1.29, 1.82) is 0 Å². The third-order valence-electron chi connectivity index (χ3n) is 4.47. The number of hydrogen-bond donors (Lipinski definition) is 1. The van der Waals surface area contributed by atoms with Gasteiger partial charge in [0.15, 0.2) is 0 Å². The summed E-state index contributed by atoms with van der Waals surface area (Å²) >= 11 is 1.70. The van der Waals surface area contributed by atoms with Crippen LogP contribution in [0, 0.1) is 6.92 Å². The highest BCUT2D eigenvalue weighted by Gasteiger charge is 2.30. The molecule has 1 aromatic carbocycles. The van der Waals surface area contributed by atoms with Crippen LogP contribution < -0.4 is 5.32 Å². The highest BCUT2D eigenvalue weighted by Crippen LogP contribution is 2.37. The van der Waals surface area contributed by atoms with Crippen molar-refractivity contribution in [2.24, 2.45) is 0 Å². The van der Waals surface area contributed by atoms with Gasteiger partial charge in [0.25, 0.3) is 0 Å². The predicted octanol–water partition coefficient (Wildman–Crippen LogP) is 2.34. The van der Waals surface area contributed by atoms with Crippen molar-refractivity contribution in [2.75, 3.05) is 0 Å². The highest BCUT2D eigenvalue weighted by molar-refractivity contribution is 8.01. The summed E-state index contributed by atoms with van der Waals surface area (Å²) < 4.78 is 2.15. The average Bonchev–Trinajstić information content (AvgIpc) is 3.12. The Bertz CT molecular complexity index is 724. The van der Waals surface area contributed by atoms with Crippen LogP contribution in [0.1, 0.15) is 23.4 Å². The van der Waals surface area contributed by atoms with Gasteiger partial charge in [0.1, 0.15) is 5.82 Å². The number of aryl methyl sites for hydroxylation is 2. The summed E-state index contributed by atoms with van der Waals surface area (Å²) in [4.78, 5) is 18.2. The second kappa shape index (κ2) is 5.47. The largest absolute Gasteiger partial charge is 0.351 e. The Morgan fingerprint density at radius 3 is 3.27 bits per heavy atom. The highest BCUT2D eigenvalue weighted by atomic mass is 32.2. The molecule has 1 amide bonds. The molecule has 2 atom stereocenters. The lowest BCUT2D eigenvalue weighted by atomic mass is 10.1. The number of carbonyl (C=O) groups excluding carboxylic acids is 1. The van der Waals surface area contributed by atoms with Gasteiger partial charge in [-0.25, -0.2) is 4.98 Å². The first-order chi connectivity index (χ1) is 10.7. The van der Waals surface area contributed by atoms with Gasteiger partial charge in [-0.05, 0) is 31.4 Å². The lowest BCUT2D eigenvalue weighted by Gasteiger charge is -2.25. The van der Waals surface area contributed by atoms with Crippen molar-refractivity contribution in [3.8, 4) is 0 Å². The smallest absolute Gasteiger partial charge is 0.234 e. The second-order valence-corrected chi connectivity index (χ2v) is 7.41. The Balaban J connectivity index is 1.40. The molecule has 2 aromatic rings. The Hall–Kier alpha value is -1.75. The molecule has 22 heavy (non-hydrogen) atoms. The third-order valence-corrected chi connectivity index (χ3v) is 5.77. The number of hydrogen-bond acceptors (Lipinski definition) is 3. The van der Waals surface area contributed by atoms with Crippen LogP contribution in [0.15, 0.2) is 35.5 Å². The molecule has 1 N–H and O–H groups in total. The van der Waals surface area contributed by atoms with Gasteiger partial charge < -0.3 is 9.88 Å². The van der Waals surface area contributed by atoms with E-state index in [1.165, 1.54) is 16.0 Å². The van der Waals surface area contributed by atoms with Gasteiger partial charge in [-0.3, -0.25) is 4.79 Å². The number of benzene rings is 1. The number of aromatic nitrogens is 2. The van der Waals surface area contributed by atoms with E-state index in [0.29, 0.717) is 0 Å². The summed E-state index contributed by atoms with van der Waals surface area (Å²) in [5.74, 6) is 1.30. The van der Waals surface area contributed by atoms with Crippen LogP contribution in [0.4, 0.5) is 0 Å². The van der Waals surface area contributed by atoms with E-state index in [1.807, 2.05) is 12.4 Å². The lowest BCUT2D eigenvalue weighted by molar-refractivity contribution is -0.121. The molecule has 3 heterocycles. The first-order valence-corrected chi connectivity index (χ1v) is 8.63. The Morgan fingerprint density at radius 2 is 2.36 bits per heavy atom. The number of rotatable bonds is 2. The number of fused-ring (bicyclic) bond motifs is 2. The quantitative estimate of drug-likeness (QED) is 0.926. The van der Waals surface area contributed by atoms with E-state index in [4.69, 9.17) is 0 Å². The Kier molecular flexibility index (Phi) is 3.45. The fraction of sp³-hybridized carbons (Fsp3) is 0.412. The molecule has 114 valence electrons. The number of carbonyl (C=O) groups is 1. The van der Waals surface area contributed by atoms with E-state index < -0.39 is 0 Å². The van der Waals surface area contributed by atoms with Gasteiger partial charge in [-0.2, -0.15) is 0 Å². The molecule has 4 nitrogen and oxygen atoms in total. The minimum absolute atomic E-state index is 0.0148. The number of nitrogens with zero attached hydrogens (tertiary/aromatic N) is 2. The molecular formula is C17H19N3OS. The van der Waals surface area contributed by atoms with Crippen LogP contribution in [-0.4, -0.2) is 26.8 Å². The molecule has 0 unspecified atom stereocenters. The molecule has 4 rings (SSSR count). The van der Waals surface area contributed by atoms with Gasteiger partial charge in [-0.15, -0.1) is 11.8 Å². The zero-order valence-corrected chi connectivity index (χ0v) is 13.4. The van der Waals surface area contributed by atoms with Crippen molar-refractivity contribution >= 4 is 17.7 Å². The van der Waals surface area contributed by atoms with Gasteiger partial charge in [0, 0.05) is 36.3 Å². The molecule has 0 saturated carbocycles. The lowest BCUT2D eigenvalue weighted by Crippen LogP contribution is -2.44. The molecule has 0 spiro atoms. The van der Waals surface area contributed by atoms with E-state index in [2.05, 4.69) is 40.0 Å². The summed E-state index contributed by atoms with van der Waals surface area (Å²) in [7, 11) is 0. The monoisotopic (exact) mass is 313 g/mol. The molecule has 2 aliphatic heterocycles. The van der Waals surface area contributed by atoms with Crippen LogP contribution in [-0.2, 0) is 24.2 Å². The summed E-state index contributed by atoms with van der Waals surface area (Å²) in [6.45, 7) is 2.93. The fourth-order valence-electron chi connectivity index (χ4n) is 3.26. The molecule has 5 heteroatoms. The Labute approximate surface area is 134 Å². The summed E-state index contributed by atoms with van der Waals surface area (Å²) in [5, 5.41) is 3.25. The molecule has 0 aliphatic carbocycles. The molecule has 0 radical (unpaired) electrons. The molecule has 0 fully saturated rings. The number of thioether (sulfide) groups is 1. The van der Waals surface area contributed by atoms with Crippen LogP contribution in [0.3, 0.4) is 0 Å². The van der Waals surface area contributed by atoms with Crippen LogP contribution in [0.5, 0.6) is 0 Å². The summed E-state index contributed by atoms with van der Waals surface area (Å²) in [5.41, 5.74) is 2.56. The SMILES string of the molecule is Cc1ccc2c(c1)S[C@H](C(=O)N[C@@H]1CCc3nccn3C1)C2. The summed E-state index contributed by atoms with van der Waals surface area (Å²) in [6.07, 6.45) is 6.60. The van der Waals surface area contributed by atoms with Crippen molar-refractivity contribution < 1.29 is 4.79 Å². The van der Waals surface area contributed by atoms with Gasteiger partial charge in [0.05, 0.1) is 5.25 Å². The maximum absolute atomic E-state index is 12.6. The van der Waals surface area contributed by atoms with Crippen LogP contribution in [0.25, 0.3) is 0 Å². The van der Waals surface area contributed by atoms with E-state index >= 15 is 0 Å².